The highest BCUT2D eigenvalue weighted by Gasteiger charge is 2.20. The predicted octanol–water partition coefficient (Wildman–Crippen LogP) is 2.08. The lowest BCUT2D eigenvalue weighted by Crippen LogP contribution is -2.15. The van der Waals surface area contributed by atoms with Crippen LogP contribution in [0.5, 0.6) is 17.2 Å². The van der Waals surface area contributed by atoms with E-state index in [1.807, 2.05) is 0 Å². The normalized spacial score (nSPS) is 10.6. The van der Waals surface area contributed by atoms with Gasteiger partial charge < -0.3 is 25.1 Å². The zero-order valence-electron chi connectivity index (χ0n) is 16.2. The van der Waals surface area contributed by atoms with Gasteiger partial charge in [-0.3, -0.25) is 9.59 Å². The standard InChI is InChI=1S/C21H20N2O6/c1-27-16-8-12(9-17(28-2)20(16)29-3)19(25)15-7-5-13-14(23-15)6-4-11(10-24)18(13)21(22)26/h4-9,24H,10H2,1-3H3,(H2,22,26). The largest absolute Gasteiger partial charge is 0.493 e. The summed E-state index contributed by atoms with van der Waals surface area (Å²) in [6.07, 6.45) is 0. The molecule has 3 aromatic rings. The maximum atomic E-state index is 13.0. The summed E-state index contributed by atoms with van der Waals surface area (Å²) >= 11 is 0. The molecule has 0 saturated carbocycles. The number of aliphatic hydroxyl groups is 1. The van der Waals surface area contributed by atoms with Crippen LogP contribution in [0.3, 0.4) is 0 Å². The van der Waals surface area contributed by atoms with Crippen molar-refractivity contribution < 1.29 is 28.9 Å². The van der Waals surface area contributed by atoms with Gasteiger partial charge in [0.25, 0.3) is 0 Å². The van der Waals surface area contributed by atoms with Crippen molar-refractivity contribution in [3.05, 3.63) is 58.8 Å². The quantitative estimate of drug-likeness (QED) is 0.587. The van der Waals surface area contributed by atoms with Gasteiger partial charge in [0.05, 0.1) is 39.0 Å². The molecule has 8 nitrogen and oxygen atoms in total. The first-order chi connectivity index (χ1) is 13.9. The molecule has 0 atom stereocenters. The Morgan fingerprint density at radius 2 is 1.66 bits per heavy atom. The maximum absolute atomic E-state index is 13.0. The first kappa shape index (κ1) is 20.1. The van der Waals surface area contributed by atoms with Crippen LogP contribution in [0.1, 0.15) is 32.0 Å². The number of primary amides is 1. The first-order valence-electron chi connectivity index (χ1n) is 8.63. The van der Waals surface area contributed by atoms with Crippen LogP contribution in [0.15, 0.2) is 36.4 Å². The van der Waals surface area contributed by atoms with Crippen molar-refractivity contribution in [2.75, 3.05) is 21.3 Å². The molecule has 3 rings (SSSR count). The Hall–Kier alpha value is -3.65. The number of carbonyl (C=O) groups excluding carboxylic acids is 2. The fourth-order valence-corrected chi connectivity index (χ4v) is 3.16. The van der Waals surface area contributed by atoms with Crippen LogP contribution in [-0.2, 0) is 6.61 Å². The number of aliphatic hydroxyl groups excluding tert-OH is 1. The Bertz CT molecular complexity index is 1080. The Morgan fingerprint density at radius 1 is 1.00 bits per heavy atom. The zero-order valence-corrected chi connectivity index (χ0v) is 16.2. The molecule has 0 aliphatic carbocycles. The van der Waals surface area contributed by atoms with E-state index in [1.54, 1.807) is 30.3 Å². The van der Waals surface area contributed by atoms with Crippen molar-refractivity contribution in [1.82, 2.24) is 4.98 Å². The molecule has 0 fully saturated rings. The molecule has 29 heavy (non-hydrogen) atoms. The maximum Gasteiger partial charge on any atom is 0.249 e. The Labute approximate surface area is 166 Å². The highest BCUT2D eigenvalue weighted by molar-refractivity contribution is 6.11. The molecule has 150 valence electrons. The van der Waals surface area contributed by atoms with Crippen LogP contribution in [0.4, 0.5) is 0 Å². The molecule has 0 radical (unpaired) electrons. The number of methoxy groups -OCH3 is 3. The van der Waals surface area contributed by atoms with Crippen LogP contribution >= 0.6 is 0 Å². The topological polar surface area (TPSA) is 121 Å². The van der Waals surface area contributed by atoms with Gasteiger partial charge in [0, 0.05) is 10.9 Å². The summed E-state index contributed by atoms with van der Waals surface area (Å²) in [5.74, 6) is 0.0306. The molecule has 1 amide bonds. The number of nitrogens with two attached hydrogens (primary N) is 1. The summed E-state index contributed by atoms with van der Waals surface area (Å²) in [4.78, 5) is 29.2. The molecule has 1 aromatic heterocycles. The van der Waals surface area contributed by atoms with Gasteiger partial charge in [-0.25, -0.2) is 4.98 Å². The lowest BCUT2D eigenvalue weighted by atomic mass is 10.00. The number of benzene rings is 2. The van der Waals surface area contributed by atoms with E-state index in [0.717, 1.165) is 0 Å². The number of rotatable bonds is 7. The molecule has 3 N–H and O–H groups in total. The summed E-state index contributed by atoms with van der Waals surface area (Å²) in [6.45, 7) is -0.333. The van der Waals surface area contributed by atoms with Crippen molar-refractivity contribution in [2.45, 2.75) is 6.61 Å². The third kappa shape index (κ3) is 3.57. The van der Waals surface area contributed by atoms with Gasteiger partial charge in [0.15, 0.2) is 11.5 Å². The first-order valence-corrected chi connectivity index (χ1v) is 8.63. The summed E-state index contributed by atoms with van der Waals surface area (Å²) < 4.78 is 15.9. The van der Waals surface area contributed by atoms with Gasteiger partial charge in [0.1, 0.15) is 5.69 Å². The summed E-state index contributed by atoms with van der Waals surface area (Å²) in [7, 11) is 4.40. The highest BCUT2D eigenvalue weighted by Crippen LogP contribution is 2.38. The minimum Gasteiger partial charge on any atom is -0.493 e. The summed E-state index contributed by atoms with van der Waals surface area (Å²) in [6, 6.07) is 9.36. The predicted molar refractivity (Wildman–Crippen MR) is 106 cm³/mol. The van der Waals surface area contributed by atoms with E-state index in [9.17, 15) is 14.7 Å². The van der Waals surface area contributed by atoms with Crippen molar-refractivity contribution in [1.29, 1.82) is 0 Å². The van der Waals surface area contributed by atoms with Gasteiger partial charge in [-0.15, -0.1) is 0 Å². The number of ether oxygens (including phenoxy) is 3. The molecular weight excluding hydrogens is 376 g/mol. The average molecular weight is 396 g/mol. The van der Waals surface area contributed by atoms with E-state index in [1.165, 1.54) is 27.4 Å². The van der Waals surface area contributed by atoms with Crippen molar-refractivity contribution in [3.8, 4) is 17.2 Å². The number of fused-ring (bicyclic) bond motifs is 1. The second-order valence-corrected chi connectivity index (χ2v) is 6.13. The minimum atomic E-state index is -0.676. The molecule has 2 aromatic carbocycles. The van der Waals surface area contributed by atoms with E-state index >= 15 is 0 Å². The summed E-state index contributed by atoms with van der Waals surface area (Å²) in [5, 5.41) is 9.91. The molecule has 0 aliphatic rings. The molecular formula is C21H20N2O6. The van der Waals surface area contributed by atoms with Crippen LogP contribution in [0.2, 0.25) is 0 Å². The van der Waals surface area contributed by atoms with E-state index < -0.39 is 5.91 Å². The number of carbonyl (C=O) groups is 2. The Morgan fingerprint density at radius 3 is 2.17 bits per heavy atom. The summed E-state index contributed by atoms with van der Waals surface area (Å²) in [5.41, 5.74) is 6.91. The van der Waals surface area contributed by atoms with E-state index in [2.05, 4.69) is 4.98 Å². The third-order valence-electron chi connectivity index (χ3n) is 4.53. The van der Waals surface area contributed by atoms with Gasteiger partial charge >= 0.3 is 0 Å². The van der Waals surface area contributed by atoms with Crippen molar-refractivity contribution >= 4 is 22.6 Å². The average Bonchev–Trinajstić information content (AvgIpc) is 2.75. The molecule has 0 saturated heterocycles. The van der Waals surface area contributed by atoms with Gasteiger partial charge in [0.2, 0.25) is 17.4 Å². The van der Waals surface area contributed by atoms with Crippen molar-refractivity contribution in [2.24, 2.45) is 5.73 Å². The number of nitrogens with zero attached hydrogens (tertiary/aromatic N) is 1. The number of pyridine rings is 1. The minimum absolute atomic E-state index is 0.166. The van der Waals surface area contributed by atoms with Gasteiger partial charge in [-0.05, 0) is 35.9 Å². The lowest BCUT2D eigenvalue weighted by molar-refractivity contribution is 0.0997. The number of hydrogen-bond donors (Lipinski definition) is 2. The molecule has 0 unspecified atom stereocenters. The van der Waals surface area contributed by atoms with E-state index in [-0.39, 0.29) is 23.6 Å². The molecule has 1 heterocycles. The van der Waals surface area contributed by atoms with E-state index in [0.29, 0.717) is 39.3 Å². The molecule has 0 aliphatic heterocycles. The number of ketones is 1. The van der Waals surface area contributed by atoms with Crippen LogP contribution in [0, 0.1) is 0 Å². The molecule has 0 bridgehead atoms. The number of aromatic nitrogens is 1. The monoisotopic (exact) mass is 396 g/mol. The number of amides is 1. The number of hydrogen-bond acceptors (Lipinski definition) is 7. The van der Waals surface area contributed by atoms with Crippen LogP contribution < -0.4 is 19.9 Å². The van der Waals surface area contributed by atoms with Crippen LogP contribution in [0.25, 0.3) is 10.9 Å². The van der Waals surface area contributed by atoms with Crippen molar-refractivity contribution in [3.63, 3.8) is 0 Å². The second kappa shape index (κ2) is 8.15. The van der Waals surface area contributed by atoms with Gasteiger partial charge in [-0.2, -0.15) is 0 Å². The highest BCUT2D eigenvalue weighted by atomic mass is 16.5. The van der Waals surface area contributed by atoms with E-state index in [4.69, 9.17) is 19.9 Å². The van der Waals surface area contributed by atoms with Crippen LogP contribution in [-0.4, -0.2) is 43.1 Å². The molecule has 0 spiro atoms. The second-order valence-electron chi connectivity index (χ2n) is 6.13. The smallest absolute Gasteiger partial charge is 0.249 e. The Balaban J connectivity index is 2.12. The Kier molecular flexibility index (Phi) is 5.65. The zero-order chi connectivity index (χ0) is 21.1. The fourth-order valence-electron chi connectivity index (χ4n) is 3.16. The van der Waals surface area contributed by atoms with Gasteiger partial charge in [-0.1, -0.05) is 6.07 Å². The fraction of sp³-hybridized carbons (Fsp3) is 0.190. The lowest BCUT2D eigenvalue weighted by Gasteiger charge is -2.14. The SMILES string of the molecule is COc1cc(C(=O)c2ccc3c(C(N)=O)c(CO)ccc3n2)cc(OC)c1OC. The molecule has 8 heteroatoms. The third-order valence-corrected chi connectivity index (χ3v) is 4.53.